The molecule has 4 nitrogen and oxygen atoms in total. The van der Waals surface area contributed by atoms with Crippen molar-refractivity contribution < 1.29 is 14.6 Å². The van der Waals surface area contributed by atoms with E-state index in [-0.39, 0.29) is 17.2 Å². The number of halogens is 1. The van der Waals surface area contributed by atoms with Gasteiger partial charge in [0.25, 0.3) is 0 Å². The maximum Gasteiger partial charge on any atom is 0.207 e. The summed E-state index contributed by atoms with van der Waals surface area (Å²) < 4.78 is 6.42. The number of pyridine rings is 1. The van der Waals surface area contributed by atoms with Crippen LogP contribution < -0.4 is 4.74 Å². The molecule has 0 saturated heterocycles. The molecule has 0 aliphatic rings. The number of unbranched alkanes of at least 4 members (excludes halogenated alkanes) is 1. The number of hydrogen-bond acceptors (Lipinski definition) is 4. The van der Waals surface area contributed by atoms with Gasteiger partial charge in [-0.25, -0.2) is 4.98 Å². The smallest absolute Gasteiger partial charge is 0.207 e. The minimum atomic E-state index is -0.356. The Morgan fingerprint density at radius 3 is 2.74 bits per heavy atom. The zero-order valence-electron chi connectivity index (χ0n) is 12.8. The number of benzene rings is 1. The number of ketones is 1. The molecule has 0 aliphatic heterocycles. The van der Waals surface area contributed by atoms with Crippen LogP contribution in [0, 0.1) is 0 Å². The lowest BCUT2D eigenvalue weighted by atomic mass is 10.1. The molecule has 1 aromatic carbocycles. The van der Waals surface area contributed by atoms with Crippen LogP contribution in [0.3, 0.4) is 0 Å². The molecular weight excluding hydrogens is 358 g/mol. The van der Waals surface area contributed by atoms with Crippen molar-refractivity contribution in [3.63, 3.8) is 0 Å². The average Bonchev–Trinajstić information content (AvgIpc) is 2.54. The molecule has 0 aliphatic carbocycles. The minimum absolute atomic E-state index is 0.0150. The number of rotatable bonds is 7. The summed E-state index contributed by atoms with van der Waals surface area (Å²) in [5.41, 5.74) is 0.904. The molecule has 1 aromatic heterocycles. The normalized spacial score (nSPS) is 10.9. The summed E-state index contributed by atoms with van der Waals surface area (Å²) in [6.07, 6.45) is 6.48. The maximum atomic E-state index is 12.1. The fraction of sp³-hybridized carbons (Fsp3) is 0.222. The molecule has 2 aromatic rings. The van der Waals surface area contributed by atoms with Crippen molar-refractivity contribution in [3.8, 4) is 11.5 Å². The molecule has 0 radical (unpaired) electrons. The lowest BCUT2D eigenvalue weighted by Crippen LogP contribution is -2.01. The summed E-state index contributed by atoms with van der Waals surface area (Å²) in [6, 6.07) is 8.96. The first-order valence-electron chi connectivity index (χ1n) is 7.40. The Kier molecular flexibility index (Phi) is 6.35. The number of hydrogen-bond donors (Lipinski definition) is 1. The molecule has 0 saturated carbocycles. The molecule has 0 amide bonds. The monoisotopic (exact) mass is 375 g/mol. The summed E-state index contributed by atoms with van der Waals surface area (Å²) in [6.45, 7) is 2.63. The average molecular weight is 376 g/mol. The van der Waals surface area contributed by atoms with Crippen LogP contribution in [-0.4, -0.2) is 22.5 Å². The van der Waals surface area contributed by atoms with Crippen molar-refractivity contribution in [3.05, 3.63) is 58.3 Å². The summed E-state index contributed by atoms with van der Waals surface area (Å²) in [5.74, 6) is -0.0700. The second-order valence-corrected chi connectivity index (χ2v) is 5.91. The fourth-order valence-electron chi connectivity index (χ4n) is 1.86. The number of aromatic hydroxyl groups is 1. The van der Waals surface area contributed by atoms with Crippen LogP contribution in [0.2, 0.25) is 0 Å². The van der Waals surface area contributed by atoms with Gasteiger partial charge in [-0.2, -0.15) is 0 Å². The van der Waals surface area contributed by atoms with Gasteiger partial charge in [0, 0.05) is 10.5 Å². The lowest BCUT2D eigenvalue weighted by molar-refractivity contribution is 0.104. The van der Waals surface area contributed by atoms with Gasteiger partial charge < -0.3 is 9.84 Å². The summed E-state index contributed by atoms with van der Waals surface area (Å²) >= 11 is 3.35. The van der Waals surface area contributed by atoms with Crippen molar-refractivity contribution >= 4 is 27.8 Å². The van der Waals surface area contributed by atoms with Gasteiger partial charge in [-0.3, -0.25) is 4.79 Å². The third kappa shape index (κ3) is 5.21. The van der Waals surface area contributed by atoms with Crippen LogP contribution in [0.15, 0.2) is 47.1 Å². The van der Waals surface area contributed by atoms with E-state index in [4.69, 9.17) is 4.74 Å². The van der Waals surface area contributed by atoms with Gasteiger partial charge in [-0.1, -0.05) is 47.5 Å². The highest BCUT2D eigenvalue weighted by atomic mass is 79.9. The number of aromatic nitrogens is 1. The summed E-state index contributed by atoms with van der Waals surface area (Å²) in [4.78, 5) is 16.1. The van der Waals surface area contributed by atoms with Crippen LogP contribution in [0.1, 0.15) is 35.8 Å². The standard InChI is InChI=1S/C18H18BrNO3/c1-2-3-10-23-15-11-17(22)18(20-12-15)16(21)9-6-13-4-7-14(19)8-5-13/h4-9,11-12,22H,2-3,10H2,1H3/b9-6+. The molecule has 0 bridgehead atoms. The van der Waals surface area contributed by atoms with Gasteiger partial charge in [0.2, 0.25) is 5.78 Å². The van der Waals surface area contributed by atoms with Crippen molar-refractivity contribution in [1.29, 1.82) is 0 Å². The number of nitrogens with zero attached hydrogens (tertiary/aromatic N) is 1. The van der Waals surface area contributed by atoms with E-state index in [1.807, 2.05) is 24.3 Å². The van der Waals surface area contributed by atoms with E-state index in [2.05, 4.69) is 27.8 Å². The molecule has 1 heterocycles. The van der Waals surface area contributed by atoms with Crippen LogP contribution in [0.25, 0.3) is 6.08 Å². The molecule has 5 heteroatoms. The van der Waals surface area contributed by atoms with Crippen LogP contribution in [-0.2, 0) is 0 Å². The Morgan fingerprint density at radius 1 is 1.35 bits per heavy atom. The van der Waals surface area contributed by atoms with E-state index in [0.717, 1.165) is 22.9 Å². The van der Waals surface area contributed by atoms with Crippen molar-refractivity contribution in [2.75, 3.05) is 6.61 Å². The second kappa shape index (κ2) is 8.48. The van der Waals surface area contributed by atoms with Gasteiger partial charge in [0.1, 0.15) is 11.5 Å². The molecule has 1 N–H and O–H groups in total. The van der Waals surface area contributed by atoms with E-state index < -0.39 is 0 Å². The highest BCUT2D eigenvalue weighted by Crippen LogP contribution is 2.22. The van der Waals surface area contributed by atoms with Crippen LogP contribution in [0.5, 0.6) is 11.5 Å². The predicted octanol–water partition coefficient (Wildman–Crippen LogP) is 4.62. The minimum Gasteiger partial charge on any atom is -0.505 e. The first kappa shape index (κ1) is 17.2. The van der Waals surface area contributed by atoms with Crippen LogP contribution >= 0.6 is 15.9 Å². The molecule has 120 valence electrons. The Hall–Kier alpha value is -2.14. The van der Waals surface area contributed by atoms with Crippen LogP contribution in [0.4, 0.5) is 0 Å². The number of carbonyl (C=O) groups is 1. The molecule has 0 unspecified atom stereocenters. The van der Waals surface area contributed by atoms with E-state index >= 15 is 0 Å². The van der Waals surface area contributed by atoms with Gasteiger partial charge in [0.15, 0.2) is 5.69 Å². The molecule has 23 heavy (non-hydrogen) atoms. The Bertz CT molecular complexity index is 696. The largest absolute Gasteiger partial charge is 0.505 e. The van der Waals surface area contributed by atoms with E-state index in [1.54, 1.807) is 6.08 Å². The Morgan fingerprint density at radius 2 is 2.09 bits per heavy atom. The molecule has 2 rings (SSSR count). The van der Waals surface area contributed by atoms with Gasteiger partial charge >= 0.3 is 0 Å². The molecule has 0 fully saturated rings. The SMILES string of the molecule is CCCCOc1cnc(C(=O)/C=C/c2ccc(Br)cc2)c(O)c1. The molecule has 0 atom stereocenters. The predicted molar refractivity (Wildman–Crippen MR) is 93.8 cm³/mol. The number of ether oxygens (including phenoxy) is 1. The van der Waals surface area contributed by atoms with Crippen molar-refractivity contribution in [1.82, 2.24) is 4.98 Å². The summed E-state index contributed by atoms with van der Waals surface area (Å²) in [5, 5.41) is 9.95. The first-order chi connectivity index (χ1) is 11.1. The van der Waals surface area contributed by atoms with Crippen molar-refractivity contribution in [2.45, 2.75) is 19.8 Å². The van der Waals surface area contributed by atoms with E-state index in [9.17, 15) is 9.90 Å². The lowest BCUT2D eigenvalue weighted by Gasteiger charge is -2.06. The maximum absolute atomic E-state index is 12.1. The topological polar surface area (TPSA) is 59.4 Å². The Balaban J connectivity index is 2.05. The quantitative estimate of drug-likeness (QED) is 0.435. The number of allylic oxidation sites excluding steroid dienone is 1. The second-order valence-electron chi connectivity index (χ2n) is 4.99. The van der Waals surface area contributed by atoms with E-state index in [0.29, 0.717) is 12.4 Å². The van der Waals surface area contributed by atoms with E-state index in [1.165, 1.54) is 18.3 Å². The highest BCUT2D eigenvalue weighted by Gasteiger charge is 2.11. The molecule has 0 spiro atoms. The summed E-state index contributed by atoms with van der Waals surface area (Å²) in [7, 11) is 0. The van der Waals surface area contributed by atoms with Gasteiger partial charge in [-0.05, 0) is 30.2 Å². The third-order valence-electron chi connectivity index (χ3n) is 3.14. The zero-order chi connectivity index (χ0) is 16.7. The first-order valence-corrected chi connectivity index (χ1v) is 8.19. The van der Waals surface area contributed by atoms with Crippen molar-refractivity contribution in [2.24, 2.45) is 0 Å². The Labute approximate surface area is 144 Å². The number of carbonyl (C=O) groups excluding carboxylic acids is 1. The fourth-order valence-corrected chi connectivity index (χ4v) is 2.13. The zero-order valence-corrected chi connectivity index (χ0v) is 14.4. The third-order valence-corrected chi connectivity index (χ3v) is 3.67. The molecular formula is C18H18BrNO3. The van der Waals surface area contributed by atoms with Gasteiger partial charge in [0.05, 0.1) is 12.8 Å². The van der Waals surface area contributed by atoms with Gasteiger partial charge in [-0.15, -0.1) is 0 Å². The highest BCUT2D eigenvalue weighted by molar-refractivity contribution is 9.10.